The molecule has 0 radical (unpaired) electrons. The fourth-order valence-corrected chi connectivity index (χ4v) is 1.75. The van der Waals surface area contributed by atoms with Gasteiger partial charge in [-0.2, -0.15) is 13.2 Å². The van der Waals surface area contributed by atoms with E-state index >= 15 is 0 Å². The normalized spacial score (nSPS) is 13.9. The number of halogens is 4. The molecule has 5 nitrogen and oxygen atoms in total. The van der Waals surface area contributed by atoms with Gasteiger partial charge in [0.05, 0.1) is 27.2 Å². The summed E-state index contributed by atoms with van der Waals surface area (Å²) in [6.07, 6.45) is -5.70. The molecule has 1 aromatic carbocycles. The minimum atomic E-state index is -4.79. The Labute approximate surface area is 123 Å². The second-order valence-electron chi connectivity index (χ2n) is 5.13. The standard InChI is InChI=1S/C12H14ClF3N2O3/c1-6(19)11(2,3)17-9-5-8(13)7(12(14,15)16)4-10(9)18(20)21/h4-6,17,19H,1-3H3/t6-/m1/s1. The first kappa shape index (κ1) is 17.5. The Hall–Kier alpha value is -1.54. The minimum absolute atomic E-state index is 0.191. The third kappa shape index (κ3) is 3.98. The van der Waals surface area contributed by atoms with Gasteiger partial charge in [0.15, 0.2) is 0 Å². The van der Waals surface area contributed by atoms with Gasteiger partial charge in [0.1, 0.15) is 5.69 Å². The lowest BCUT2D eigenvalue weighted by Crippen LogP contribution is -2.42. The Morgan fingerprint density at radius 1 is 1.38 bits per heavy atom. The fourth-order valence-electron chi connectivity index (χ4n) is 1.48. The van der Waals surface area contributed by atoms with Crippen molar-refractivity contribution in [1.82, 2.24) is 0 Å². The van der Waals surface area contributed by atoms with Crippen LogP contribution in [0.1, 0.15) is 26.3 Å². The number of nitro groups is 1. The van der Waals surface area contributed by atoms with Crippen molar-refractivity contribution in [3.8, 4) is 0 Å². The van der Waals surface area contributed by atoms with Crippen molar-refractivity contribution >= 4 is 23.0 Å². The van der Waals surface area contributed by atoms with Crippen molar-refractivity contribution in [2.45, 2.75) is 38.6 Å². The molecular formula is C12H14ClF3N2O3. The minimum Gasteiger partial charge on any atom is -0.391 e. The number of hydrogen-bond acceptors (Lipinski definition) is 4. The topological polar surface area (TPSA) is 75.4 Å². The van der Waals surface area contributed by atoms with Gasteiger partial charge in [-0.3, -0.25) is 10.1 Å². The highest BCUT2D eigenvalue weighted by molar-refractivity contribution is 6.31. The lowest BCUT2D eigenvalue weighted by Gasteiger charge is -2.30. The van der Waals surface area contributed by atoms with E-state index in [1.807, 2.05) is 0 Å². The Bertz CT molecular complexity index is 559. The van der Waals surface area contributed by atoms with Crippen molar-refractivity contribution in [2.75, 3.05) is 5.32 Å². The van der Waals surface area contributed by atoms with Gasteiger partial charge < -0.3 is 10.4 Å². The summed E-state index contributed by atoms with van der Waals surface area (Å²) >= 11 is 5.55. The molecule has 1 aromatic rings. The number of nitro benzene ring substituents is 1. The van der Waals surface area contributed by atoms with Crippen molar-refractivity contribution in [3.05, 3.63) is 32.8 Å². The van der Waals surface area contributed by atoms with Crippen LogP contribution in [0, 0.1) is 10.1 Å². The number of aliphatic hydroxyl groups excluding tert-OH is 1. The van der Waals surface area contributed by atoms with Gasteiger partial charge in [-0.15, -0.1) is 0 Å². The van der Waals surface area contributed by atoms with Crippen LogP contribution in [-0.4, -0.2) is 21.7 Å². The molecule has 0 aliphatic rings. The molecule has 0 saturated carbocycles. The third-order valence-corrected chi connectivity index (χ3v) is 3.40. The summed E-state index contributed by atoms with van der Waals surface area (Å²) < 4.78 is 38.2. The maximum atomic E-state index is 12.7. The second kappa shape index (κ2) is 5.69. The summed E-state index contributed by atoms with van der Waals surface area (Å²) in [6.45, 7) is 4.55. The Kier molecular flexibility index (Phi) is 4.74. The number of alkyl halides is 3. The van der Waals surface area contributed by atoms with Crippen LogP contribution in [0.15, 0.2) is 12.1 Å². The Balaban J connectivity index is 3.41. The molecule has 118 valence electrons. The maximum absolute atomic E-state index is 12.7. The quantitative estimate of drug-likeness (QED) is 0.651. The van der Waals surface area contributed by atoms with E-state index in [2.05, 4.69) is 5.32 Å². The van der Waals surface area contributed by atoms with E-state index in [0.29, 0.717) is 6.07 Å². The monoisotopic (exact) mass is 326 g/mol. The largest absolute Gasteiger partial charge is 0.418 e. The van der Waals surface area contributed by atoms with E-state index in [1.54, 1.807) is 13.8 Å². The molecule has 9 heteroatoms. The van der Waals surface area contributed by atoms with Gasteiger partial charge in [0.25, 0.3) is 5.69 Å². The van der Waals surface area contributed by atoms with E-state index in [4.69, 9.17) is 11.6 Å². The van der Waals surface area contributed by atoms with Gasteiger partial charge >= 0.3 is 6.18 Å². The average Bonchev–Trinajstić information content (AvgIpc) is 2.25. The highest BCUT2D eigenvalue weighted by Crippen LogP contribution is 2.41. The first-order valence-corrected chi connectivity index (χ1v) is 6.25. The van der Waals surface area contributed by atoms with Crippen LogP contribution in [0.3, 0.4) is 0 Å². The van der Waals surface area contributed by atoms with E-state index in [-0.39, 0.29) is 5.69 Å². The third-order valence-electron chi connectivity index (χ3n) is 3.09. The van der Waals surface area contributed by atoms with Gasteiger partial charge in [0, 0.05) is 6.07 Å². The van der Waals surface area contributed by atoms with Crippen molar-refractivity contribution < 1.29 is 23.2 Å². The lowest BCUT2D eigenvalue weighted by molar-refractivity contribution is -0.384. The number of nitrogens with zero attached hydrogens (tertiary/aromatic N) is 1. The van der Waals surface area contributed by atoms with Crippen LogP contribution < -0.4 is 5.32 Å². The highest BCUT2D eigenvalue weighted by Gasteiger charge is 2.37. The second-order valence-corrected chi connectivity index (χ2v) is 5.53. The number of benzene rings is 1. The molecule has 0 fully saturated rings. The molecule has 21 heavy (non-hydrogen) atoms. The van der Waals surface area contributed by atoms with E-state index in [1.165, 1.54) is 6.92 Å². The van der Waals surface area contributed by atoms with Crippen LogP contribution in [0.25, 0.3) is 0 Å². The van der Waals surface area contributed by atoms with Crippen molar-refractivity contribution in [1.29, 1.82) is 0 Å². The maximum Gasteiger partial charge on any atom is 0.418 e. The van der Waals surface area contributed by atoms with Gasteiger partial charge in [0.2, 0.25) is 0 Å². The summed E-state index contributed by atoms with van der Waals surface area (Å²) in [5.74, 6) is 0. The molecule has 0 bridgehead atoms. The zero-order valence-electron chi connectivity index (χ0n) is 11.5. The Morgan fingerprint density at radius 2 is 1.90 bits per heavy atom. The molecule has 1 atom stereocenters. The molecule has 0 aliphatic heterocycles. The smallest absolute Gasteiger partial charge is 0.391 e. The number of aliphatic hydroxyl groups is 1. The molecule has 0 amide bonds. The molecule has 2 N–H and O–H groups in total. The van der Waals surface area contributed by atoms with E-state index in [0.717, 1.165) is 6.07 Å². The zero-order valence-corrected chi connectivity index (χ0v) is 12.2. The van der Waals surface area contributed by atoms with Crippen molar-refractivity contribution in [3.63, 3.8) is 0 Å². The molecule has 0 aromatic heterocycles. The zero-order chi connectivity index (χ0) is 16.6. The van der Waals surface area contributed by atoms with Crippen LogP contribution in [-0.2, 0) is 6.18 Å². The molecule has 0 aliphatic carbocycles. The van der Waals surface area contributed by atoms with Gasteiger partial charge in [-0.05, 0) is 26.8 Å². The van der Waals surface area contributed by atoms with Crippen molar-refractivity contribution in [2.24, 2.45) is 0 Å². The number of rotatable bonds is 4. The van der Waals surface area contributed by atoms with Gasteiger partial charge in [-0.25, -0.2) is 0 Å². The number of nitrogens with one attached hydrogen (secondary N) is 1. The van der Waals surface area contributed by atoms with E-state index in [9.17, 15) is 28.4 Å². The van der Waals surface area contributed by atoms with Crippen LogP contribution in [0.2, 0.25) is 5.02 Å². The van der Waals surface area contributed by atoms with E-state index < -0.39 is 39.0 Å². The number of hydrogen-bond donors (Lipinski definition) is 2. The molecule has 0 heterocycles. The SMILES string of the molecule is C[C@@H](O)C(C)(C)Nc1cc(Cl)c(C(F)(F)F)cc1[N+](=O)[O-]. The molecule has 0 saturated heterocycles. The number of anilines is 1. The first-order valence-electron chi connectivity index (χ1n) is 5.87. The molecular weight excluding hydrogens is 313 g/mol. The summed E-state index contributed by atoms with van der Waals surface area (Å²) in [4.78, 5) is 10.0. The Morgan fingerprint density at radius 3 is 2.29 bits per heavy atom. The first-order chi connectivity index (χ1) is 9.36. The predicted molar refractivity (Wildman–Crippen MR) is 72.5 cm³/mol. The molecule has 0 unspecified atom stereocenters. The highest BCUT2D eigenvalue weighted by atomic mass is 35.5. The summed E-state index contributed by atoms with van der Waals surface area (Å²) in [7, 11) is 0. The average molecular weight is 327 g/mol. The van der Waals surface area contributed by atoms with Gasteiger partial charge in [-0.1, -0.05) is 11.6 Å². The fraction of sp³-hybridized carbons (Fsp3) is 0.500. The van der Waals surface area contributed by atoms with Crippen LogP contribution in [0.5, 0.6) is 0 Å². The molecule has 0 spiro atoms. The summed E-state index contributed by atoms with van der Waals surface area (Å²) in [6, 6.07) is 1.22. The lowest BCUT2D eigenvalue weighted by atomic mass is 9.98. The van der Waals surface area contributed by atoms with Crippen LogP contribution in [0.4, 0.5) is 24.5 Å². The summed E-state index contributed by atoms with van der Waals surface area (Å²) in [5, 5.41) is 22.5. The summed E-state index contributed by atoms with van der Waals surface area (Å²) in [5.41, 5.74) is -3.23. The molecule has 1 rings (SSSR count). The predicted octanol–water partition coefficient (Wildman–Crippen LogP) is 3.84. The van der Waals surface area contributed by atoms with Crippen LogP contribution >= 0.6 is 11.6 Å².